The van der Waals surface area contributed by atoms with Crippen LogP contribution in [0.1, 0.15) is 25.7 Å². The van der Waals surface area contributed by atoms with Crippen LogP contribution in [0, 0.1) is 11.8 Å². The van der Waals surface area contributed by atoms with E-state index in [0.717, 1.165) is 19.4 Å². The van der Waals surface area contributed by atoms with Crippen molar-refractivity contribution in [3.63, 3.8) is 0 Å². The summed E-state index contributed by atoms with van der Waals surface area (Å²) in [6.45, 7) is 1.63. The van der Waals surface area contributed by atoms with Crippen molar-refractivity contribution in [3.05, 3.63) is 0 Å². The zero-order valence-electron chi connectivity index (χ0n) is 11.6. The van der Waals surface area contributed by atoms with E-state index in [1.54, 1.807) is 11.9 Å². The number of carbonyl (C=O) groups excluding carboxylic acids is 1. The van der Waals surface area contributed by atoms with Crippen LogP contribution in [-0.4, -0.2) is 61.0 Å². The van der Waals surface area contributed by atoms with Crippen molar-refractivity contribution < 1.29 is 14.7 Å². The molecule has 1 rings (SSSR count). The van der Waals surface area contributed by atoms with Crippen molar-refractivity contribution in [2.24, 2.45) is 11.8 Å². The minimum absolute atomic E-state index is 0.00124. The van der Waals surface area contributed by atoms with Gasteiger partial charge in [0, 0.05) is 13.6 Å². The Kier molecular flexibility index (Phi) is 5.59. The number of hydrogen-bond acceptors (Lipinski definition) is 3. The zero-order valence-corrected chi connectivity index (χ0v) is 11.6. The first kappa shape index (κ1) is 15.0. The van der Waals surface area contributed by atoms with Crippen LogP contribution in [0.2, 0.25) is 0 Å². The largest absolute Gasteiger partial charge is 0.481 e. The molecule has 1 saturated carbocycles. The van der Waals surface area contributed by atoms with Gasteiger partial charge in [-0.3, -0.25) is 9.59 Å². The summed E-state index contributed by atoms with van der Waals surface area (Å²) in [6.07, 6.45) is 3.11. The van der Waals surface area contributed by atoms with E-state index in [1.165, 1.54) is 0 Å². The molecule has 0 saturated heterocycles. The summed E-state index contributed by atoms with van der Waals surface area (Å²) in [5.41, 5.74) is 0. The number of aliphatic carboxylic acids is 1. The highest BCUT2D eigenvalue weighted by atomic mass is 16.4. The predicted molar refractivity (Wildman–Crippen MR) is 69.3 cm³/mol. The highest BCUT2D eigenvalue weighted by Gasteiger charge is 2.38. The first-order valence-corrected chi connectivity index (χ1v) is 6.56. The number of rotatable bonds is 6. The topological polar surface area (TPSA) is 60.9 Å². The van der Waals surface area contributed by atoms with Crippen LogP contribution in [0.4, 0.5) is 0 Å². The van der Waals surface area contributed by atoms with Crippen molar-refractivity contribution in [3.8, 4) is 0 Å². The maximum atomic E-state index is 12.2. The van der Waals surface area contributed by atoms with E-state index in [9.17, 15) is 9.59 Å². The summed E-state index contributed by atoms with van der Waals surface area (Å²) in [6, 6.07) is 0. The quantitative estimate of drug-likeness (QED) is 0.767. The van der Waals surface area contributed by atoms with E-state index < -0.39 is 11.9 Å². The number of carboxylic acid groups (broad SMARTS) is 1. The second kappa shape index (κ2) is 6.73. The molecule has 0 aromatic heterocycles. The minimum Gasteiger partial charge on any atom is -0.481 e. The van der Waals surface area contributed by atoms with Gasteiger partial charge in [0.25, 0.3) is 0 Å². The van der Waals surface area contributed by atoms with Crippen molar-refractivity contribution >= 4 is 11.9 Å². The van der Waals surface area contributed by atoms with Gasteiger partial charge in [-0.05, 0) is 39.9 Å². The molecular formula is C13H24N2O3. The number of hydrogen-bond donors (Lipinski definition) is 1. The Morgan fingerprint density at radius 2 is 1.72 bits per heavy atom. The molecule has 0 unspecified atom stereocenters. The number of carbonyl (C=O) groups is 2. The van der Waals surface area contributed by atoms with Gasteiger partial charge in [-0.25, -0.2) is 0 Å². The molecule has 0 heterocycles. The van der Waals surface area contributed by atoms with Gasteiger partial charge in [-0.15, -0.1) is 0 Å². The smallest absolute Gasteiger partial charge is 0.307 e. The van der Waals surface area contributed by atoms with Crippen LogP contribution in [0.15, 0.2) is 0 Å². The summed E-state index contributed by atoms with van der Waals surface area (Å²) >= 11 is 0. The maximum absolute atomic E-state index is 12.2. The molecule has 0 bridgehead atoms. The van der Waals surface area contributed by atoms with E-state index >= 15 is 0 Å². The molecule has 0 spiro atoms. The van der Waals surface area contributed by atoms with Crippen LogP contribution in [0.25, 0.3) is 0 Å². The Hall–Kier alpha value is -1.10. The molecule has 0 radical (unpaired) electrons. The van der Waals surface area contributed by atoms with Gasteiger partial charge >= 0.3 is 5.97 Å². The SMILES string of the molecule is CN(C)CCCN(C)C(=O)[C@@H]1CCC[C@@H]1C(=O)O. The molecule has 2 atom stereocenters. The molecule has 1 fully saturated rings. The van der Waals surface area contributed by atoms with Crippen LogP contribution < -0.4 is 0 Å². The third kappa shape index (κ3) is 3.98. The molecule has 0 aromatic rings. The van der Waals surface area contributed by atoms with Gasteiger partial charge < -0.3 is 14.9 Å². The Bertz CT molecular complexity index is 305. The molecular weight excluding hydrogens is 232 g/mol. The minimum atomic E-state index is -0.826. The zero-order chi connectivity index (χ0) is 13.7. The summed E-state index contributed by atoms with van der Waals surface area (Å²) in [5, 5.41) is 9.09. The maximum Gasteiger partial charge on any atom is 0.307 e. The summed E-state index contributed by atoms with van der Waals surface area (Å²) in [7, 11) is 5.77. The van der Waals surface area contributed by atoms with Gasteiger partial charge in [0.15, 0.2) is 0 Å². The average Bonchev–Trinajstić information content (AvgIpc) is 2.76. The summed E-state index contributed by atoms with van der Waals surface area (Å²) in [5.74, 6) is -1.62. The van der Waals surface area contributed by atoms with Crippen molar-refractivity contribution in [2.45, 2.75) is 25.7 Å². The third-order valence-electron chi connectivity index (χ3n) is 3.63. The van der Waals surface area contributed by atoms with Gasteiger partial charge in [0.1, 0.15) is 0 Å². The molecule has 1 aliphatic carbocycles. The second-order valence-electron chi connectivity index (χ2n) is 5.40. The molecule has 1 amide bonds. The highest BCUT2D eigenvalue weighted by Crippen LogP contribution is 2.33. The molecule has 0 aromatic carbocycles. The lowest BCUT2D eigenvalue weighted by Gasteiger charge is -2.24. The molecule has 5 nitrogen and oxygen atoms in total. The van der Waals surface area contributed by atoms with Gasteiger partial charge in [0.05, 0.1) is 11.8 Å². The van der Waals surface area contributed by atoms with Crippen LogP contribution >= 0.6 is 0 Å². The lowest BCUT2D eigenvalue weighted by molar-refractivity contribution is -0.148. The average molecular weight is 256 g/mol. The molecule has 0 aliphatic heterocycles. The fourth-order valence-corrected chi connectivity index (χ4v) is 2.57. The van der Waals surface area contributed by atoms with Gasteiger partial charge in [0.2, 0.25) is 5.91 Å². The van der Waals surface area contributed by atoms with E-state index in [0.29, 0.717) is 19.4 Å². The second-order valence-corrected chi connectivity index (χ2v) is 5.40. The third-order valence-corrected chi connectivity index (χ3v) is 3.63. The van der Waals surface area contributed by atoms with Crippen molar-refractivity contribution in [1.82, 2.24) is 9.80 Å². The predicted octanol–water partition coefficient (Wildman–Crippen LogP) is 0.897. The summed E-state index contributed by atoms with van der Waals surface area (Å²) < 4.78 is 0. The first-order valence-electron chi connectivity index (χ1n) is 6.56. The standard InChI is InChI=1S/C13H24N2O3/c1-14(2)8-5-9-15(3)12(16)10-6-4-7-11(10)13(17)18/h10-11H,4-9H2,1-3H3,(H,17,18)/t10-,11+/m1/s1. The number of nitrogens with zero attached hydrogens (tertiary/aromatic N) is 2. The summed E-state index contributed by atoms with van der Waals surface area (Å²) in [4.78, 5) is 27.0. The molecule has 5 heteroatoms. The normalized spacial score (nSPS) is 23.3. The fourth-order valence-electron chi connectivity index (χ4n) is 2.57. The van der Waals surface area contributed by atoms with E-state index in [4.69, 9.17) is 5.11 Å². The molecule has 1 N–H and O–H groups in total. The van der Waals surface area contributed by atoms with E-state index in [2.05, 4.69) is 4.90 Å². The fraction of sp³-hybridized carbons (Fsp3) is 0.846. The van der Waals surface area contributed by atoms with Crippen LogP contribution in [0.3, 0.4) is 0 Å². The molecule has 18 heavy (non-hydrogen) atoms. The molecule has 104 valence electrons. The number of carboxylic acids is 1. The molecule has 1 aliphatic rings. The van der Waals surface area contributed by atoms with Crippen molar-refractivity contribution in [1.29, 1.82) is 0 Å². The highest BCUT2D eigenvalue weighted by molar-refractivity contribution is 5.85. The first-order chi connectivity index (χ1) is 8.43. The van der Waals surface area contributed by atoms with E-state index in [1.807, 2.05) is 14.1 Å². The lowest BCUT2D eigenvalue weighted by Crippen LogP contribution is -2.38. The Morgan fingerprint density at radius 1 is 1.11 bits per heavy atom. The monoisotopic (exact) mass is 256 g/mol. The van der Waals surface area contributed by atoms with Crippen LogP contribution in [-0.2, 0) is 9.59 Å². The van der Waals surface area contributed by atoms with Gasteiger partial charge in [-0.2, -0.15) is 0 Å². The van der Waals surface area contributed by atoms with Crippen molar-refractivity contribution in [2.75, 3.05) is 34.2 Å². The Labute approximate surface area is 109 Å². The van der Waals surface area contributed by atoms with Crippen LogP contribution in [0.5, 0.6) is 0 Å². The van der Waals surface area contributed by atoms with Gasteiger partial charge in [-0.1, -0.05) is 6.42 Å². The Morgan fingerprint density at radius 3 is 2.28 bits per heavy atom. The van der Waals surface area contributed by atoms with E-state index in [-0.39, 0.29) is 11.8 Å². The Balaban J connectivity index is 2.45. The number of amides is 1. The lowest BCUT2D eigenvalue weighted by atomic mass is 9.95.